The number of benzene rings is 1. The molecule has 2 N–H and O–H groups in total. The highest BCUT2D eigenvalue weighted by molar-refractivity contribution is 5.97. The highest BCUT2D eigenvalue weighted by Crippen LogP contribution is 2.31. The lowest BCUT2D eigenvalue weighted by Gasteiger charge is -2.29. The van der Waals surface area contributed by atoms with Crippen LogP contribution in [0, 0.1) is 5.92 Å². The van der Waals surface area contributed by atoms with Crippen molar-refractivity contribution in [2.24, 2.45) is 10.9 Å². The number of ether oxygens (including phenoxy) is 3. The third-order valence-electron chi connectivity index (χ3n) is 5.34. The highest BCUT2D eigenvalue weighted by Gasteiger charge is 2.24. The number of hydrogen-bond acceptors (Lipinski definition) is 5. The molecule has 1 aromatic rings. The van der Waals surface area contributed by atoms with E-state index in [2.05, 4.69) is 15.6 Å². The van der Waals surface area contributed by atoms with Crippen molar-refractivity contribution in [1.82, 2.24) is 10.6 Å². The Bertz CT molecular complexity index is 691. The van der Waals surface area contributed by atoms with Gasteiger partial charge in [-0.1, -0.05) is 12.1 Å². The van der Waals surface area contributed by atoms with Gasteiger partial charge in [0.1, 0.15) is 5.75 Å². The number of carbonyl (C=O) groups is 1. The van der Waals surface area contributed by atoms with Gasteiger partial charge >= 0.3 is 0 Å². The molecular weight excluding hydrogens is 384 g/mol. The molecule has 0 unspecified atom stereocenters. The lowest BCUT2D eigenvalue weighted by molar-refractivity contribution is -0.121. The van der Waals surface area contributed by atoms with Crippen LogP contribution in [0.5, 0.6) is 5.75 Å². The first kappa shape index (κ1) is 22.4. The maximum atomic E-state index is 12.2. The van der Waals surface area contributed by atoms with Gasteiger partial charge in [0.25, 0.3) is 5.91 Å². The van der Waals surface area contributed by atoms with E-state index in [-0.39, 0.29) is 12.5 Å². The Kier molecular flexibility index (Phi) is 9.24. The molecule has 1 saturated heterocycles. The van der Waals surface area contributed by atoms with E-state index >= 15 is 0 Å². The van der Waals surface area contributed by atoms with Gasteiger partial charge in [-0.15, -0.1) is 0 Å². The summed E-state index contributed by atoms with van der Waals surface area (Å²) < 4.78 is 16.6. The fourth-order valence-electron chi connectivity index (χ4n) is 3.61. The van der Waals surface area contributed by atoms with Crippen molar-refractivity contribution in [1.29, 1.82) is 0 Å². The lowest BCUT2D eigenvalue weighted by atomic mass is 10.0. The van der Waals surface area contributed by atoms with Crippen LogP contribution >= 0.6 is 0 Å². The molecule has 1 fully saturated rings. The zero-order valence-electron chi connectivity index (χ0n) is 17.9. The molecule has 0 atom stereocenters. The van der Waals surface area contributed by atoms with E-state index < -0.39 is 0 Å². The predicted octanol–water partition coefficient (Wildman–Crippen LogP) is 1.80. The molecule has 1 amide bonds. The Labute approximate surface area is 179 Å². The van der Waals surface area contributed by atoms with Crippen molar-refractivity contribution < 1.29 is 19.0 Å². The fourth-order valence-corrected chi connectivity index (χ4v) is 3.61. The number of anilines is 1. The molecule has 0 radical (unpaired) electrons. The van der Waals surface area contributed by atoms with Crippen molar-refractivity contribution in [2.45, 2.75) is 25.7 Å². The highest BCUT2D eigenvalue weighted by atomic mass is 16.5. The van der Waals surface area contributed by atoms with Crippen molar-refractivity contribution >= 4 is 17.6 Å². The number of carbonyl (C=O) groups excluding carboxylic acids is 1. The smallest absolute Gasteiger partial charge is 0.265 e. The van der Waals surface area contributed by atoms with Gasteiger partial charge in [-0.25, -0.2) is 0 Å². The molecule has 0 spiro atoms. The van der Waals surface area contributed by atoms with Crippen LogP contribution in [0.1, 0.15) is 25.7 Å². The SMILES string of the molecule is CN=C(NCCCOCC1CCOCC1)NCCCN1C(=O)COc2ccccc21. The van der Waals surface area contributed by atoms with Gasteiger partial charge in [0.2, 0.25) is 0 Å². The first-order valence-electron chi connectivity index (χ1n) is 10.9. The predicted molar refractivity (Wildman–Crippen MR) is 117 cm³/mol. The van der Waals surface area contributed by atoms with Crippen LogP contribution in [0.15, 0.2) is 29.3 Å². The summed E-state index contributed by atoms with van der Waals surface area (Å²) in [6.45, 7) is 5.59. The number of nitrogens with one attached hydrogen (secondary N) is 2. The molecule has 1 aromatic carbocycles. The summed E-state index contributed by atoms with van der Waals surface area (Å²) in [4.78, 5) is 18.2. The Morgan fingerprint density at radius 1 is 1.20 bits per heavy atom. The topological polar surface area (TPSA) is 84.4 Å². The van der Waals surface area contributed by atoms with Crippen LogP contribution in [0.2, 0.25) is 0 Å². The molecule has 166 valence electrons. The summed E-state index contributed by atoms with van der Waals surface area (Å²) >= 11 is 0. The molecular formula is C22H34N4O4. The van der Waals surface area contributed by atoms with Gasteiger partial charge < -0.3 is 29.7 Å². The molecule has 30 heavy (non-hydrogen) atoms. The van der Waals surface area contributed by atoms with Gasteiger partial charge in [0.05, 0.1) is 5.69 Å². The summed E-state index contributed by atoms with van der Waals surface area (Å²) in [6, 6.07) is 7.65. The van der Waals surface area contributed by atoms with Crippen LogP contribution < -0.4 is 20.3 Å². The number of rotatable bonds is 10. The number of hydrogen-bond donors (Lipinski definition) is 2. The summed E-state index contributed by atoms with van der Waals surface area (Å²) in [7, 11) is 1.76. The van der Waals surface area contributed by atoms with Crippen molar-refractivity contribution in [3.8, 4) is 5.75 Å². The van der Waals surface area contributed by atoms with Gasteiger partial charge in [-0.2, -0.15) is 0 Å². The third kappa shape index (κ3) is 6.88. The average Bonchev–Trinajstić information content (AvgIpc) is 2.79. The standard InChI is InChI=1S/C22H34N4O4/c1-23-22(25-11-5-13-29-16-18-8-14-28-15-9-18)24-10-4-12-26-19-6-2-3-7-20(19)30-17-21(26)27/h2-3,6-7,18H,4-5,8-17H2,1H3,(H2,23,24,25). The number of para-hydroxylation sites is 2. The zero-order valence-corrected chi connectivity index (χ0v) is 17.9. The molecule has 0 aliphatic carbocycles. The molecule has 8 heteroatoms. The Morgan fingerprint density at radius 2 is 1.97 bits per heavy atom. The molecule has 3 rings (SSSR count). The summed E-state index contributed by atoms with van der Waals surface area (Å²) in [6.07, 6.45) is 3.96. The van der Waals surface area contributed by atoms with Crippen LogP contribution in [-0.2, 0) is 14.3 Å². The van der Waals surface area contributed by atoms with Crippen molar-refractivity contribution in [3.05, 3.63) is 24.3 Å². The van der Waals surface area contributed by atoms with Gasteiger partial charge in [-0.05, 0) is 43.7 Å². The monoisotopic (exact) mass is 418 g/mol. The van der Waals surface area contributed by atoms with Gasteiger partial charge in [-0.3, -0.25) is 9.79 Å². The molecule has 0 aromatic heterocycles. The average molecular weight is 419 g/mol. The number of fused-ring (bicyclic) bond motifs is 1. The summed E-state index contributed by atoms with van der Waals surface area (Å²) in [5, 5.41) is 6.61. The first-order chi connectivity index (χ1) is 14.8. The van der Waals surface area contributed by atoms with E-state index in [9.17, 15) is 4.79 Å². The minimum atomic E-state index is -0.00282. The van der Waals surface area contributed by atoms with Crippen molar-refractivity contribution in [3.63, 3.8) is 0 Å². The molecule has 0 saturated carbocycles. The molecule has 2 aliphatic heterocycles. The van der Waals surface area contributed by atoms with Crippen LogP contribution in [0.4, 0.5) is 5.69 Å². The minimum Gasteiger partial charge on any atom is -0.482 e. The Hall–Kier alpha value is -2.32. The number of aliphatic imine (C=N–C) groups is 1. The van der Waals surface area contributed by atoms with E-state index in [1.54, 1.807) is 11.9 Å². The Morgan fingerprint density at radius 3 is 2.77 bits per heavy atom. The number of nitrogens with zero attached hydrogens (tertiary/aromatic N) is 2. The maximum absolute atomic E-state index is 12.2. The maximum Gasteiger partial charge on any atom is 0.265 e. The fraction of sp³-hybridized carbons (Fsp3) is 0.636. The molecule has 2 heterocycles. The zero-order chi connectivity index (χ0) is 21.0. The molecule has 2 aliphatic rings. The Balaban J connectivity index is 1.26. The normalized spacial score (nSPS) is 17.4. The second-order valence-electron chi connectivity index (χ2n) is 7.57. The van der Waals surface area contributed by atoms with E-state index in [4.69, 9.17) is 14.2 Å². The summed E-state index contributed by atoms with van der Waals surface area (Å²) in [5.74, 6) is 2.18. The first-order valence-corrected chi connectivity index (χ1v) is 10.9. The van der Waals surface area contributed by atoms with Crippen molar-refractivity contribution in [2.75, 3.05) is 64.6 Å². The van der Waals surface area contributed by atoms with Crippen LogP contribution in [0.25, 0.3) is 0 Å². The summed E-state index contributed by atoms with van der Waals surface area (Å²) in [5.41, 5.74) is 0.844. The van der Waals surface area contributed by atoms with Gasteiger partial charge in [0, 0.05) is 53.1 Å². The second-order valence-corrected chi connectivity index (χ2v) is 7.57. The molecule has 0 bridgehead atoms. The number of guanidine groups is 1. The van der Waals surface area contributed by atoms with E-state index in [0.29, 0.717) is 12.5 Å². The largest absolute Gasteiger partial charge is 0.482 e. The number of amides is 1. The minimum absolute atomic E-state index is 0.00282. The van der Waals surface area contributed by atoms with Gasteiger partial charge in [0.15, 0.2) is 12.6 Å². The third-order valence-corrected chi connectivity index (χ3v) is 5.34. The lowest BCUT2D eigenvalue weighted by Crippen LogP contribution is -2.42. The quantitative estimate of drug-likeness (QED) is 0.342. The van der Waals surface area contributed by atoms with Crippen LogP contribution in [-0.4, -0.2) is 71.6 Å². The van der Waals surface area contributed by atoms with E-state index in [1.165, 1.54) is 0 Å². The second kappa shape index (κ2) is 12.4. The van der Waals surface area contributed by atoms with E-state index in [1.807, 2.05) is 24.3 Å². The van der Waals surface area contributed by atoms with Crippen LogP contribution in [0.3, 0.4) is 0 Å². The molecule has 8 nitrogen and oxygen atoms in total. The van der Waals surface area contributed by atoms with E-state index in [0.717, 1.165) is 82.6 Å².